The van der Waals surface area contributed by atoms with Gasteiger partial charge >= 0.3 is 0 Å². The van der Waals surface area contributed by atoms with E-state index >= 15 is 0 Å². The molecule has 0 spiro atoms. The molecular weight excluding hydrogens is 328 g/mol. The summed E-state index contributed by atoms with van der Waals surface area (Å²) in [5.41, 5.74) is 0.211. The van der Waals surface area contributed by atoms with Crippen LogP contribution in [0.15, 0.2) is 24.5 Å². The van der Waals surface area contributed by atoms with E-state index in [1.165, 1.54) is 24.5 Å². The van der Waals surface area contributed by atoms with Gasteiger partial charge < -0.3 is 4.74 Å². The monoisotopic (exact) mass is 333 g/mol. The van der Waals surface area contributed by atoms with Crippen LogP contribution in [0.25, 0.3) is 0 Å². The number of hydrogen-bond acceptors (Lipinski definition) is 5. The van der Waals surface area contributed by atoms with Gasteiger partial charge in [0.1, 0.15) is 22.3 Å². The van der Waals surface area contributed by atoms with Crippen molar-refractivity contribution in [3.8, 4) is 11.6 Å². The van der Waals surface area contributed by atoms with Crippen LogP contribution in [0.1, 0.15) is 5.56 Å². The minimum Gasteiger partial charge on any atom is -0.438 e. The molecule has 1 aromatic heterocycles. The largest absolute Gasteiger partial charge is 0.438 e. The zero-order valence-corrected chi connectivity index (χ0v) is 12.0. The molecule has 0 radical (unpaired) electrons. The number of halogens is 3. The summed E-state index contributed by atoms with van der Waals surface area (Å²) in [6, 6.07) is 3.95. The molecule has 0 bridgehead atoms. The molecule has 0 aliphatic heterocycles. The second-order valence-electron chi connectivity index (χ2n) is 3.55. The Kier molecular flexibility index (Phi) is 4.59. The van der Waals surface area contributed by atoms with E-state index in [1.807, 2.05) is 0 Å². The molecule has 0 aliphatic carbocycles. The van der Waals surface area contributed by atoms with Gasteiger partial charge in [-0.25, -0.2) is 9.97 Å². The molecular formula is C11H6Cl3N3O3. The topological polar surface area (TPSA) is 78.2 Å². The second-order valence-corrected chi connectivity index (χ2v) is 4.59. The third-order valence-corrected chi connectivity index (χ3v) is 3.21. The molecule has 20 heavy (non-hydrogen) atoms. The molecule has 0 N–H and O–H groups in total. The van der Waals surface area contributed by atoms with Crippen molar-refractivity contribution in [2.75, 3.05) is 0 Å². The summed E-state index contributed by atoms with van der Waals surface area (Å²) in [6.45, 7) is 0. The number of aromatic nitrogens is 2. The van der Waals surface area contributed by atoms with Gasteiger partial charge in [0.15, 0.2) is 0 Å². The Morgan fingerprint density at radius 3 is 2.65 bits per heavy atom. The van der Waals surface area contributed by atoms with Crippen molar-refractivity contribution < 1.29 is 9.66 Å². The van der Waals surface area contributed by atoms with Gasteiger partial charge in [-0.3, -0.25) is 10.1 Å². The summed E-state index contributed by atoms with van der Waals surface area (Å²) in [5, 5.41) is 10.8. The summed E-state index contributed by atoms with van der Waals surface area (Å²) < 4.78 is 5.47. The van der Waals surface area contributed by atoms with E-state index in [0.29, 0.717) is 5.56 Å². The highest BCUT2D eigenvalue weighted by Crippen LogP contribution is 2.32. The SMILES string of the molecule is O=[N+]([O-])c1ccc(Oc2ncnc(Cl)c2CCl)cc1Cl. The number of nitro groups is 1. The summed E-state index contributed by atoms with van der Waals surface area (Å²) in [6.07, 6.45) is 1.22. The van der Waals surface area contributed by atoms with Crippen LogP contribution in [0.5, 0.6) is 11.6 Å². The molecule has 2 aromatic rings. The van der Waals surface area contributed by atoms with Crippen LogP contribution in [-0.2, 0) is 5.88 Å². The molecule has 0 atom stereocenters. The summed E-state index contributed by atoms with van der Waals surface area (Å²) in [4.78, 5) is 17.8. The quantitative estimate of drug-likeness (QED) is 0.362. The fraction of sp³-hybridized carbons (Fsp3) is 0.0909. The van der Waals surface area contributed by atoms with Crippen molar-refractivity contribution in [2.24, 2.45) is 0 Å². The van der Waals surface area contributed by atoms with E-state index in [4.69, 9.17) is 39.5 Å². The Morgan fingerprint density at radius 2 is 2.05 bits per heavy atom. The summed E-state index contributed by atoms with van der Waals surface area (Å²) in [5.74, 6) is 0.516. The highest BCUT2D eigenvalue weighted by atomic mass is 35.5. The van der Waals surface area contributed by atoms with E-state index in [2.05, 4.69) is 9.97 Å². The van der Waals surface area contributed by atoms with Crippen LogP contribution in [0.3, 0.4) is 0 Å². The lowest BCUT2D eigenvalue weighted by Crippen LogP contribution is -1.96. The number of nitro benzene ring substituents is 1. The fourth-order valence-electron chi connectivity index (χ4n) is 1.39. The average molecular weight is 335 g/mol. The van der Waals surface area contributed by atoms with Gasteiger partial charge in [-0.05, 0) is 6.07 Å². The van der Waals surface area contributed by atoms with Crippen LogP contribution < -0.4 is 4.74 Å². The van der Waals surface area contributed by atoms with Crippen molar-refractivity contribution in [3.05, 3.63) is 50.4 Å². The van der Waals surface area contributed by atoms with Gasteiger partial charge in [0.2, 0.25) is 5.88 Å². The fourth-order valence-corrected chi connectivity index (χ4v) is 2.13. The molecule has 0 unspecified atom stereocenters. The number of benzene rings is 1. The maximum atomic E-state index is 10.7. The van der Waals surface area contributed by atoms with Crippen molar-refractivity contribution in [1.82, 2.24) is 9.97 Å². The van der Waals surface area contributed by atoms with Crippen molar-refractivity contribution in [1.29, 1.82) is 0 Å². The molecule has 104 valence electrons. The minimum absolute atomic E-state index is 0.0416. The molecule has 1 aromatic carbocycles. The van der Waals surface area contributed by atoms with Crippen molar-refractivity contribution in [3.63, 3.8) is 0 Å². The normalized spacial score (nSPS) is 10.3. The standard InChI is InChI=1S/C11H6Cl3N3O3/c12-4-7-10(14)15-5-16-11(7)20-6-1-2-9(17(18)19)8(13)3-6/h1-3,5H,4H2. The van der Waals surface area contributed by atoms with Gasteiger partial charge in [-0.2, -0.15) is 0 Å². The lowest BCUT2D eigenvalue weighted by molar-refractivity contribution is -0.384. The Bertz CT molecular complexity index is 667. The smallest absolute Gasteiger partial charge is 0.288 e. The molecule has 1 heterocycles. The molecule has 2 rings (SSSR count). The van der Waals surface area contributed by atoms with Crippen LogP contribution in [0, 0.1) is 10.1 Å². The van der Waals surface area contributed by atoms with E-state index in [1.54, 1.807) is 0 Å². The van der Waals surface area contributed by atoms with Gasteiger partial charge in [0.05, 0.1) is 16.4 Å². The lowest BCUT2D eigenvalue weighted by atomic mass is 10.3. The Labute approximate surface area is 128 Å². The maximum absolute atomic E-state index is 10.7. The molecule has 0 amide bonds. The first-order valence-corrected chi connectivity index (χ1v) is 6.49. The van der Waals surface area contributed by atoms with E-state index in [0.717, 1.165) is 0 Å². The predicted molar refractivity (Wildman–Crippen MR) is 74.8 cm³/mol. The lowest BCUT2D eigenvalue weighted by Gasteiger charge is -2.09. The average Bonchev–Trinajstić information content (AvgIpc) is 2.38. The third kappa shape index (κ3) is 3.09. The Balaban J connectivity index is 2.34. The van der Waals surface area contributed by atoms with Crippen LogP contribution in [0.2, 0.25) is 10.2 Å². The number of ether oxygens (including phenoxy) is 1. The van der Waals surface area contributed by atoms with Gasteiger partial charge in [-0.15, -0.1) is 11.6 Å². The Hall–Kier alpha value is -1.63. The number of hydrogen-bond donors (Lipinski definition) is 0. The molecule has 9 heteroatoms. The number of nitrogens with zero attached hydrogens (tertiary/aromatic N) is 3. The van der Waals surface area contributed by atoms with Crippen LogP contribution >= 0.6 is 34.8 Å². The highest BCUT2D eigenvalue weighted by Gasteiger charge is 2.15. The zero-order valence-electron chi connectivity index (χ0n) is 9.72. The van der Waals surface area contributed by atoms with Crippen LogP contribution in [0.4, 0.5) is 5.69 Å². The van der Waals surface area contributed by atoms with Crippen molar-refractivity contribution in [2.45, 2.75) is 5.88 Å². The highest BCUT2D eigenvalue weighted by molar-refractivity contribution is 6.32. The van der Waals surface area contributed by atoms with Gasteiger partial charge in [-0.1, -0.05) is 23.2 Å². The summed E-state index contributed by atoms with van der Waals surface area (Å²) in [7, 11) is 0. The first-order chi connectivity index (χ1) is 9.52. The summed E-state index contributed by atoms with van der Waals surface area (Å²) >= 11 is 17.4. The predicted octanol–water partition coefficient (Wildman–Crippen LogP) is 4.22. The molecule has 0 fully saturated rings. The molecule has 0 saturated heterocycles. The van der Waals surface area contributed by atoms with Gasteiger partial charge in [0.25, 0.3) is 5.69 Å². The molecule has 6 nitrogen and oxygen atoms in total. The maximum Gasteiger partial charge on any atom is 0.288 e. The van der Waals surface area contributed by atoms with E-state index in [9.17, 15) is 10.1 Å². The van der Waals surface area contributed by atoms with Crippen LogP contribution in [-0.4, -0.2) is 14.9 Å². The van der Waals surface area contributed by atoms with Crippen molar-refractivity contribution >= 4 is 40.5 Å². The number of alkyl halides is 1. The molecule has 0 aliphatic rings. The molecule has 0 saturated carbocycles. The first-order valence-electron chi connectivity index (χ1n) is 5.20. The minimum atomic E-state index is -0.585. The van der Waals surface area contributed by atoms with E-state index in [-0.39, 0.29) is 33.4 Å². The van der Waals surface area contributed by atoms with E-state index < -0.39 is 4.92 Å². The third-order valence-electron chi connectivity index (χ3n) is 2.32. The first kappa shape index (κ1) is 14.8. The number of rotatable bonds is 4. The zero-order chi connectivity index (χ0) is 14.7. The second kappa shape index (κ2) is 6.21. The van der Waals surface area contributed by atoms with Gasteiger partial charge in [0, 0.05) is 12.1 Å². The Morgan fingerprint density at radius 1 is 1.30 bits per heavy atom.